The molecule has 5 nitrogen and oxygen atoms in total. The molecule has 0 bridgehead atoms. The third-order valence-corrected chi connectivity index (χ3v) is 3.87. The van der Waals surface area contributed by atoms with Crippen LogP contribution in [0, 0.1) is 5.92 Å². The van der Waals surface area contributed by atoms with E-state index in [2.05, 4.69) is 15.5 Å². The summed E-state index contributed by atoms with van der Waals surface area (Å²) in [6.45, 7) is 3.76. The van der Waals surface area contributed by atoms with E-state index < -0.39 is 11.9 Å². The number of carbonyl (C=O) groups excluding carboxylic acids is 1. The molecule has 0 aromatic carbocycles. The van der Waals surface area contributed by atoms with E-state index in [0.717, 1.165) is 38.4 Å². The van der Waals surface area contributed by atoms with Crippen molar-refractivity contribution in [1.29, 1.82) is 0 Å². The van der Waals surface area contributed by atoms with E-state index >= 15 is 0 Å². The first-order valence-corrected chi connectivity index (χ1v) is 7.26. The van der Waals surface area contributed by atoms with Gasteiger partial charge in [-0.3, -0.25) is 4.79 Å². The number of nitrogens with one attached hydrogen (secondary N) is 1. The van der Waals surface area contributed by atoms with Crippen LogP contribution in [0.3, 0.4) is 0 Å². The normalized spacial score (nSPS) is 16.6. The molecular formula is C14H19F3N4O. The van der Waals surface area contributed by atoms with E-state index in [9.17, 15) is 18.0 Å². The average molecular weight is 316 g/mol. The number of hydrogen-bond donors (Lipinski definition) is 1. The van der Waals surface area contributed by atoms with Crippen LogP contribution >= 0.6 is 0 Å². The maximum absolute atomic E-state index is 12.4. The molecule has 2 rings (SSSR count). The van der Waals surface area contributed by atoms with E-state index in [1.807, 2.05) is 4.90 Å². The Labute approximate surface area is 126 Å². The summed E-state index contributed by atoms with van der Waals surface area (Å²) in [5.74, 6) is 0.969. The molecule has 1 aromatic rings. The van der Waals surface area contributed by atoms with Gasteiger partial charge in [0.2, 0.25) is 5.91 Å². The lowest BCUT2D eigenvalue weighted by atomic mass is 9.93. The van der Waals surface area contributed by atoms with Crippen molar-refractivity contribution >= 4 is 11.7 Å². The Balaban J connectivity index is 1.72. The number of hydrogen-bond acceptors (Lipinski definition) is 4. The number of amides is 1. The molecule has 1 aromatic heterocycles. The number of aromatic nitrogens is 2. The summed E-state index contributed by atoms with van der Waals surface area (Å²) in [6, 6.07) is 2.20. The number of carbonyl (C=O) groups is 1. The lowest BCUT2D eigenvalue weighted by Crippen LogP contribution is -2.37. The zero-order chi connectivity index (χ0) is 16.2. The zero-order valence-electron chi connectivity index (χ0n) is 12.4. The van der Waals surface area contributed by atoms with Gasteiger partial charge < -0.3 is 10.2 Å². The lowest BCUT2D eigenvalue weighted by molar-refractivity contribution is -0.141. The van der Waals surface area contributed by atoms with Crippen LogP contribution in [0.4, 0.5) is 19.0 Å². The van der Waals surface area contributed by atoms with Crippen molar-refractivity contribution in [3.63, 3.8) is 0 Å². The fraction of sp³-hybridized carbons (Fsp3) is 0.643. The minimum absolute atomic E-state index is 0.108. The Morgan fingerprint density at radius 3 is 2.50 bits per heavy atom. The third-order valence-electron chi connectivity index (χ3n) is 3.87. The van der Waals surface area contributed by atoms with Gasteiger partial charge in [-0.05, 0) is 37.3 Å². The molecule has 2 heterocycles. The van der Waals surface area contributed by atoms with Crippen molar-refractivity contribution in [3.05, 3.63) is 17.8 Å². The summed E-state index contributed by atoms with van der Waals surface area (Å²) in [5, 5.41) is 9.68. The van der Waals surface area contributed by atoms with Crippen molar-refractivity contribution < 1.29 is 18.0 Å². The smallest absolute Gasteiger partial charge is 0.369 e. The van der Waals surface area contributed by atoms with E-state index in [1.54, 1.807) is 6.92 Å². The third kappa shape index (κ3) is 4.57. The van der Waals surface area contributed by atoms with Crippen molar-refractivity contribution in [3.8, 4) is 0 Å². The molecule has 0 spiro atoms. The summed E-state index contributed by atoms with van der Waals surface area (Å²) in [6.07, 6.45) is -1.65. The monoisotopic (exact) mass is 316 g/mol. The van der Waals surface area contributed by atoms with Crippen LogP contribution in [0.5, 0.6) is 0 Å². The number of likely N-dealkylation sites (tertiary alicyclic amines) is 1. The Kier molecular flexibility index (Phi) is 5.20. The van der Waals surface area contributed by atoms with Gasteiger partial charge in [-0.15, -0.1) is 10.2 Å². The molecule has 8 heteroatoms. The minimum Gasteiger partial charge on any atom is -0.369 e. The van der Waals surface area contributed by atoms with Crippen LogP contribution in [-0.2, 0) is 11.0 Å². The number of piperidine rings is 1. The number of anilines is 1. The summed E-state index contributed by atoms with van der Waals surface area (Å²) < 4.78 is 37.1. The van der Waals surface area contributed by atoms with Gasteiger partial charge in [-0.1, -0.05) is 0 Å². The maximum atomic E-state index is 12.4. The van der Waals surface area contributed by atoms with Crippen molar-refractivity contribution in [2.45, 2.75) is 32.4 Å². The molecule has 0 unspecified atom stereocenters. The molecule has 22 heavy (non-hydrogen) atoms. The van der Waals surface area contributed by atoms with Gasteiger partial charge >= 0.3 is 6.18 Å². The van der Waals surface area contributed by atoms with Crippen LogP contribution in [0.1, 0.15) is 31.9 Å². The number of rotatable bonds is 4. The highest BCUT2D eigenvalue weighted by molar-refractivity contribution is 5.73. The summed E-state index contributed by atoms with van der Waals surface area (Å²) in [7, 11) is 0. The highest BCUT2D eigenvalue weighted by Crippen LogP contribution is 2.27. The van der Waals surface area contributed by atoms with Gasteiger partial charge in [0.05, 0.1) is 0 Å². The van der Waals surface area contributed by atoms with Crippen molar-refractivity contribution in [2.75, 3.05) is 25.0 Å². The second kappa shape index (κ2) is 6.93. The second-order valence-corrected chi connectivity index (χ2v) is 5.47. The first-order valence-electron chi connectivity index (χ1n) is 7.26. The molecule has 1 fully saturated rings. The van der Waals surface area contributed by atoms with Crippen LogP contribution in [0.25, 0.3) is 0 Å². The molecule has 0 saturated carbocycles. The largest absolute Gasteiger partial charge is 0.435 e. The molecule has 1 amide bonds. The van der Waals surface area contributed by atoms with E-state index in [1.165, 1.54) is 6.07 Å². The van der Waals surface area contributed by atoms with Crippen LogP contribution < -0.4 is 5.32 Å². The minimum atomic E-state index is -4.46. The molecular weight excluding hydrogens is 297 g/mol. The summed E-state index contributed by atoms with van der Waals surface area (Å²) >= 11 is 0. The van der Waals surface area contributed by atoms with E-state index in [-0.39, 0.29) is 5.91 Å². The molecule has 1 N–H and O–H groups in total. The second-order valence-electron chi connectivity index (χ2n) is 5.47. The number of alkyl halides is 3. The maximum Gasteiger partial charge on any atom is 0.435 e. The van der Waals surface area contributed by atoms with Crippen molar-refractivity contribution in [2.24, 2.45) is 5.92 Å². The predicted octanol–water partition coefficient (Wildman–Crippen LogP) is 2.56. The first-order chi connectivity index (χ1) is 10.4. The Hall–Kier alpha value is -1.86. The number of halogens is 3. The van der Waals surface area contributed by atoms with Crippen LogP contribution in [0.15, 0.2) is 12.1 Å². The first kappa shape index (κ1) is 16.5. The fourth-order valence-electron chi connectivity index (χ4n) is 2.52. The lowest BCUT2D eigenvalue weighted by Gasteiger charge is -2.31. The molecule has 0 radical (unpaired) electrons. The summed E-state index contributed by atoms with van der Waals surface area (Å²) in [4.78, 5) is 13.1. The Morgan fingerprint density at radius 2 is 2.00 bits per heavy atom. The van der Waals surface area contributed by atoms with Crippen LogP contribution in [-0.4, -0.2) is 40.6 Å². The van der Waals surface area contributed by atoms with Gasteiger partial charge in [0.15, 0.2) is 5.69 Å². The van der Waals surface area contributed by atoms with Crippen molar-refractivity contribution in [1.82, 2.24) is 15.1 Å². The highest BCUT2D eigenvalue weighted by atomic mass is 19.4. The average Bonchev–Trinajstić information content (AvgIpc) is 2.47. The van der Waals surface area contributed by atoms with E-state index in [4.69, 9.17) is 0 Å². The molecule has 1 saturated heterocycles. The molecule has 122 valence electrons. The number of nitrogens with zero attached hydrogens (tertiary/aromatic N) is 3. The molecule has 0 aliphatic carbocycles. The molecule has 0 atom stereocenters. The Morgan fingerprint density at radius 1 is 1.32 bits per heavy atom. The summed E-state index contributed by atoms with van der Waals surface area (Å²) in [5.41, 5.74) is -0.991. The van der Waals surface area contributed by atoms with Gasteiger partial charge in [0.1, 0.15) is 5.82 Å². The highest BCUT2D eigenvalue weighted by Gasteiger charge is 2.32. The molecule has 1 aliphatic heterocycles. The van der Waals surface area contributed by atoms with Gasteiger partial charge in [0, 0.05) is 26.6 Å². The standard InChI is InChI=1S/C14H19F3N4O/c1-10(22)21-8-5-11(6-9-21)4-7-18-13-3-2-12(19-20-13)14(15,16)17/h2-3,11H,4-9H2,1H3,(H,18,20). The SMILES string of the molecule is CC(=O)N1CCC(CCNc2ccc(C(F)(F)F)nn2)CC1. The Bertz CT molecular complexity index is 496. The topological polar surface area (TPSA) is 58.1 Å². The zero-order valence-corrected chi connectivity index (χ0v) is 12.4. The van der Waals surface area contributed by atoms with Gasteiger partial charge in [-0.25, -0.2) is 0 Å². The molecule has 1 aliphatic rings. The van der Waals surface area contributed by atoms with Gasteiger partial charge in [-0.2, -0.15) is 13.2 Å². The van der Waals surface area contributed by atoms with Gasteiger partial charge in [0.25, 0.3) is 0 Å². The fourth-order valence-corrected chi connectivity index (χ4v) is 2.52. The van der Waals surface area contributed by atoms with Crippen LogP contribution in [0.2, 0.25) is 0 Å². The van der Waals surface area contributed by atoms with E-state index in [0.29, 0.717) is 18.3 Å². The predicted molar refractivity (Wildman–Crippen MR) is 75.1 cm³/mol. The quantitative estimate of drug-likeness (QED) is 0.927.